The molecule has 0 saturated heterocycles. The number of halogens is 2. The molecular weight excluding hydrogens is 438 g/mol. The van der Waals surface area contributed by atoms with E-state index in [9.17, 15) is 13.6 Å². The number of carbonyl (C=O) groups is 1. The van der Waals surface area contributed by atoms with E-state index in [1.54, 1.807) is 34.5 Å². The first-order chi connectivity index (χ1) is 16.5. The van der Waals surface area contributed by atoms with Crippen LogP contribution in [0.3, 0.4) is 0 Å². The summed E-state index contributed by atoms with van der Waals surface area (Å²) in [5, 5.41) is 2.88. The zero-order valence-corrected chi connectivity index (χ0v) is 18.2. The lowest BCUT2D eigenvalue weighted by atomic mass is 10.2. The van der Waals surface area contributed by atoms with E-state index in [4.69, 9.17) is 0 Å². The molecule has 4 aromatic heterocycles. The van der Waals surface area contributed by atoms with Crippen LogP contribution in [0.1, 0.15) is 27.4 Å². The summed E-state index contributed by atoms with van der Waals surface area (Å²) >= 11 is 0. The summed E-state index contributed by atoms with van der Waals surface area (Å²) in [7, 11) is 0. The minimum absolute atomic E-state index is 0.187. The minimum Gasteiger partial charge on any atom is -0.346 e. The van der Waals surface area contributed by atoms with Crippen molar-refractivity contribution in [2.45, 2.75) is 20.0 Å². The Hall–Kier alpha value is -4.40. The van der Waals surface area contributed by atoms with Crippen LogP contribution in [0.2, 0.25) is 0 Å². The number of fused-ring (bicyclic) bond motifs is 1. The third kappa shape index (κ3) is 4.15. The van der Waals surface area contributed by atoms with Crippen molar-refractivity contribution >= 4 is 11.4 Å². The Labute approximate surface area is 193 Å². The van der Waals surface area contributed by atoms with Crippen LogP contribution in [-0.4, -0.2) is 29.8 Å². The molecule has 1 amide bonds. The van der Waals surface area contributed by atoms with Crippen molar-refractivity contribution in [3.05, 3.63) is 108 Å². The van der Waals surface area contributed by atoms with Crippen LogP contribution in [-0.2, 0) is 13.1 Å². The fourth-order valence-electron chi connectivity index (χ4n) is 3.76. The number of benzene rings is 1. The van der Waals surface area contributed by atoms with Gasteiger partial charge in [-0.3, -0.25) is 14.2 Å². The molecule has 0 aliphatic rings. The highest BCUT2D eigenvalue weighted by atomic mass is 19.1. The van der Waals surface area contributed by atoms with Gasteiger partial charge in [-0.1, -0.05) is 18.2 Å². The molecule has 0 aliphatic heterocycles. The van der Waals surface area contributed by atoms with Gasteiger partial charge in [-0.25, -0.2) is 18.7 Å². The molecule has 0 unspecified atom stereocenters. The molecule has 0 fully saturated rings. The van der Waals surface area contributed by atoms with Gasteiger partial charge in [-0.2, -0.15) is 0 Å². The Bertz CT molecular complexity index is 1490. The normalized spacial score (nSPS) is 11.1. The van der Waals surface area contributed by atoms with Crippen molar-refractivity contribution in [1.29, 1.82) is 0 Å². The highest BCUT2D eigenvalue weighted by Crippen LogP contribution is 2.23. The average molecular weight is 458 g/mol. The number of aromatic nitrogens is 5. The number of hydrogen-bond acceptors (Lipinski definition) is 4. The molecule has 34 heavy (non-hydrogen) atoms. The van der Waals surface area contributed by atoms with Crippen molar-refractivity contribution < 1.29 is 13.6 Å². The Morgan fingerprint density at radius 2 is 1.97 bits per heavy atom. The largest absolute Gasteiger partial charge is 0.346 e. The van der Waals surface area contributed by atoms with Gasteiger partial charge in [-0.15, -0.1) is 0 Å². The van der Waals surface area contributed by atoms with Gasteiger partial charge in [0.25, 0.3) is 5.91 Å². The lowest BCUT2D eigenvalue weighted by molar-refractivity contribution is 0.0948. The van der Waals surface area contributed by atoms with Crippen LogP contribution in [0, 0.1) is 18.6 Å². The number of imidazole rings is 2. The molecule has 4 heterocycles. The van der Waals surface area contributed by atoms with Crippen molar-refractivity contribution in [2.75, 3.05) is 0 Å². The Morgan fingerprint density at radius 1 is 1.09 bits per heavy atom. The van der Waals surface area contributed by atoms with E-state index < -0.39 is 11.6 Å². The number of nitrogens with one attached hydrogen (secondary N) is 1. The molecule has 0 saturated carbocycles. The van der Waals surface area contributed by atoms with Crippen molar-refractivity contribution in [1.82, 2.24) is 29.2 Å². The van der Waals surface area contributed by atoms with Gasteiger partial charge in [0.15, 0.2) is 11.5 Å². The lowest BCUT2D eigenvalue weighted by Crippen LogP contribution is -2.23. The maximum Gasteiger partial charge on any atom is 0.272 e. The maximum atomic E-state index is 14.2. The molecule has 0 spiro atoms. The smallest absolute Gasteiger partial charge is 0.272 e. The van der Waals surface area contributed by atoms with Crippen molar-refractivity contribution in [2.24, 2.45) is 0 Å². The van der Waals surface area contributed by atoms with E-state index in [1.807, 2.05) is 36.5 Å². The second-order valence-electron chi connectivity index (χ2n) is 7.82. The van der Waals surface area contributed by atoms with Crippen LogP contribution in [0.5, 0.6) is 0 Å². The Balaban J connectivity index is 1.46. The first-order valence-electron chi connectivity index (χ1n) is 10.6. The lowest BCUT2D eigenvalue weighted by Gasteiger charge is -2.06. The molecule has 5 rings (SSSR count). The summed E-state index contributed by atoms with van der Waals surface area (Å²) in [5.41, 5.74) is 2.67. The molecule has 1 N–H and O–H groups in total. The van der Waals surface area contributed by atoms with Crippen molar-refractivity contribution in [3.8, 4) is 11.5 Å². The fourth-order valence-corrected chi connectivity index (χ4v) is 3.76. The number of carbonyl (C=O) groups excluding carboxylic acids is 1. The minimum atomic E-state index is -0.623. The summed E-state index contributed by atoms with van der Waals surface area (Å²) in [6.45, 7) is 2.31. The molecule has 9 heteroatoms. The SMILES string of the molecule is Cc1nc(-c2nc(C(=O)NCc3cccnc3)c3ccccn23)cn1Cc1ccc(F)cc1F. The maximum absolute atomic E-state index is 14.2. The second-order valence-corrected chi connectivity index (χ2v) is 7.82. The van der Waals surface area contributed by atoms with Gasteiger partial charge < -0.3 is 9.88 Å². The fraction of sp³-hybridized carbons (Fsp3) is 0.120. The van der Waals surface area contributed by atoms with E-state index >= 15 is 0 Å². The predicted molar refractivity (Wildman–Crippen MR) is 122 cm³/mol. The van der Waals surface area contributed by atoms with E-state index in [-0.39, 0.29) is 18.1 Å². The third-order valence-electron chi connectivity index (χ3n) is 5.50. The van der Waals surface area contributed by atoms with Crippen LogP contribution in [0.4, 0.5) is 8.78 Å². The van der Waals surface area contributed by atoms with E-state index in [2.05, 4.69) is 20.3 Å². The number of nitrogens with zero attached hydrogens (tertiary/aromatic N) is 5. The van der Waals surface area contributed by atoms with E-state index in [0.29, 0.717) is 35.0 Å². The highest BCUT2D eigenvalue weighted by Gasteiger charge is 2.20. The molecule has 0 atom stereocenters. The zero-order valence-electron chi connectivity index (χ0n) is 18.2. The van der Waals surface area contributed by atoms with E-state index in [0.717, 1.165) is 11.6 Å². The number of rotatable bonds is 6. The number of pyridine rings is 2. The molecule has 0 radical (unpaired) electrons. The molecule has 5 aromatic rings. The number of hydrogen-bond donors (Lipinski definition) is 1. The van der Waals surface area contributed by atoms with Gasteiger partial charge in [0.1, 0.15) is 23.2 Å². The summed E-state index contributed by atoms with van der Waals surface area (Å²) in [4.78, 5) is 26.2. The molecular formula is C25H20F2N6O. The average Bonchev–Trinajstić information content (AvgIpc) is 3.40. The molecule has 0 bridgehead atoms. The first-order valence-corrected chi connectivity index (χ1v) is 10.6. The summed E-state index contributed by atoms with van der Waals surface area (Å²) < 4.78 is 31.0. The van der Waals surface area contributed by atoms with Gasteiger partial charge in [0.05, 0.1) is 12.1 Å². The van der Waals surface area contributed by atoms with Crippen LogP contribution in [0.25, 0.3) is 17.0 Å². The van der Waals surface area contributed by atoms with Gasteiger partial charge in [0, 0.05) is 43.0 Å². The Morgan fingerprint density at radius 3 is 2.76 bits per heavy atom. The van der Waals surface area contributed by atoms with Crippen LogP contribution >= 0.6 is 0 Å². The van der Waals surface area contributed by atoms with Crippen LogP contribution < -0.4 is 5.32 Å². The molecule has 0 aliphatic carbocycles. The molecule has 7 nitrogen and oxygen atoms in total. The van der Waals surface area contributed by atoms with Gasteiger partial charge in [0.2, 0.25) is 0 Å². The molecule has 170 valence electrons. The summed E-state index contributed by atoms with van der Waals surface area (Å²) in [6, 6.07) is 12.7. The first kappa shape index (κ1) is 21.4. The topological polar surface area (TPSA) is 77.1 Å². The second kappa shape index (κ2) is 8.86. The standard InChI is InChI=1S/C25H20F2N6O/c1-16-30-21(15-32(16)14-18-7-8-19(26)11-20(18)27)24-31-23(22-6-2-3-10-33(22)24)25(34)29-13-17-5-4-9-28-12-17/h2-12,15H,13-14H2,1H3,(H,29,34). The van der Waals surface area contributed by atoms with Gasteiger partial charge in [-0.05, 0) is 36.8 Å². The van der Waals surface area contributed by atoms with Crippen molar-refractivity contribution in [3.63, 3.8) is 0 Å². The third-order valence-corrected chi connectivity index (χ3v) is 5.50. The number of aryl methyl sites for hydroxylation is 1. The zero-order chi connectivity index (χ0) is 23.7. The quantitative estimate of drug-likeness (QED) is 0.415. The highest BCUT2D eigenvalue weighted by molar-refractivity contribution is 5.99. The molecule has 1 aromatic carbocycles. The Kier molecular flexibility index (Phi) is 5.59. The summed E-state index contributed by atoms with van der Waals surface area (Å²) in [6.07, 6.45) is 6.92. The predicted octanol–water partition coefficient (Wildman–Crippen LogP) is 4.16. The monoisotopic (exact) mass is 458 g/mol. The number of amides is 1. The summed E-state index contributed by atoms with van der Waals surface area (Å²) in [5.74, 6) is -0.433. The van der Waals surface area contributed by atoms with Crippen LogP contribution in [0.15, 0.2) is 73.3 Å². The van der Waals surface area contributed by atoms with E-state index in [1.165, 1.54) is 12.1 Å². The van der Waals surface area contributed by atoms with Gasteiger partial charge >= 0.3 is 0 Å².